The van der Waals surface area contributed by atoms with Crippen molar-refractivity contribution >= 4 is 29.0 Å². The normalized spacial score (nSPS) is 12.3. The number of carbonyl (C=O) groups excluding carboxylic acids is 2. The van der Waals surface area contributed by atoms with Crippen molar-refractivity contribution < 1.29 is 23.5 Å². The standard InChI is InChI=1S/C22H15ClFNO4/c23-14-7-5-13(6-8-14)21(26)16-11-19-20(29-10-9-28-19)12-18(16)25-22(27)15-3-1-2-4-17(15)24/h1-8,11-12H,9-10H2,(H,25,27). The van der Waals surface area contributed by atoms with Crippen LogP contribution in [0.25, 0.3) is 0 Å². The molecule has 0 aliphatic carbocycles. The highest BCUT2D eigenvalue weighted by atomic mass is 35.5. The Balaban J connectivity index is 1.75. The van der Waals surface area contributed by atoms with Crippen molar-refractivity contribution in [3.63, 3.8) is 0 Å². The molecular weight excluding hydrogens is 397 g/mol. The first kappa shape index (κ1) is 19.0. The van der Waals surface area contributed by atoms with E-state index in [0.29, 0.717) is 35.3 Å². The van der Waals surface area contributed by atoms with Crippen LogP contribution in [0.4, 0.5) is 10.1 Å². The molecule has 1 heterocycles. The van der Waals surface area contributed by atoms with E-state index in [-0.39, 0.29) is 22.6 Å². The van der Waals surface area contributed by atoms with Crippen molar-refractivity contribution in [2.45, 2.75) is 0 Å². The Bertz CT molecular complexity index is 1100. The number of amides is 1. The molecule has 1 aliphatic heterocycles. The third-order valence-electron chi connectivity index (χ3n) is 4.40. The van der Waals surface area contributed by atoms with Crippen LogP contribution in [0.15, 0.2) is 60.7 Å². The van der Waals surface area contributed by atoms with Crippen LogP contribution in [-0.4, -0.2) is 24.9 Å². The fraction of sp³-hybridized carbons (Fsp3) is 0.0909. The van der Waals surface area contributed by atoms with Gasteiger partial charge in [0.05, 0.1) is 16.8 Å². The molecule has 0 fully saturated rings. The second-order valence-electron chi connectivity index (χ2n) is 6.31. The zero-order chi connectivity index (χ0) is 20.4. The minimum Gasteiger partial charge on any atom is -0.486 e. The first-order valence-electron chi connectivity index (χ1n) is 8.83. The van der Waals surface area contributed by atoms with Crippen LogP contribution in [0.5, 0.6) is 11.5 Å². The molecule has 29 heavy (non-hydrogen) atoms. The Morgan fingerprint density at radius 1 is 0.897 bits per heavy atom. The highest BCUT2D eigenvalue weighted by Gasteiger charge is 2.23. The molecule has 0 bridgehead atoms. The van der Waals surface area contributed by atoms with Gasteiger partial charge in [-0.1, -0.05) is 23.7 Å². The van der Waals surface area contributed by atoms with Crippen molar-refractivity contribution in [1.82, 2.24) is 0 Å². The molecule has 1 aliphatic rings. The molecule has 3 aromatic rings. The fourth-order valence-corrected chi connectivity index (χ4v) is 3.10. The molecule has 146 valence electrons. The van der Waals surface area contributed by atoms with E-state index in [1.165, 1.54) is 30.3 Å². The number of benzene rings is 3. The second-order valence-corrected chi connectivity index (χ2v) is 6.75. The number of rotatable bonds is 4. The molecular formula is C22H15ClFNO4. The monoisotopic (exact) mass is 411 g/mol. The number of halogens is 2. The highest BCUT2D eigenvalue weighted by molar-refractivity contribution is 6.30. The average molecular weight is 412 g/mol. The highest BCUT2D eigenvalue weighted by Crippen LogP contribution is 2.37. The van der Waals surface area contributed by atoms with Gasteiger partial charge in [0.2, 0.25) is 0 Å². The van der Waals surface area contributed by atoms with Crippen LogP contribution in [0, 0.1) is 5.82 Å². The number of nitrogens with one attached hydrogen (secondary N) is 1. The molecule has 0 radical (unpaired) electrons. The van der Waals surface area contributed by atoms with Gasteiger partial charge in [-0.3, -0.25) is 9.59 Å². The summed E-state index contributed by atoms with van der Waals surface area (Å²) in [7, 11) is 0. The molecule has 4 rings (SSSR count). The molecule has 1 N–H and O–H groups in total. The van der Waals surface area contributed by atoms with Gasteiger partial charge in [0.1, 0.15) is 19.0 Å². The summed E-state index contributed by atoms with van der Waals surface area (Å²) in [4.78, 5) is 25.7. The summed E-state index contributed by atoms with van der Waals surface area (Å²) >= 11 is 5.90. The van der Waals surface area contributed by atoms with Crippen molar-refractivity contribution in [1.29, 1.82) is 0 Å². The van der Waals surface area contributed by atoms with Crippen molar-refractivity contribution in [2.75, 3.05) is 18.5 Å². The summed E-state index contributed by atoms with van der Waals surface area (Å²) in [5, 5.41) is 3.12. The number of anilines is 1. The molecule has 5 nitrogen and oxygen atoms in total. The molecule has 0 atom stereocenters. The van der Waals surface area contributed by atoms with Gasteiger partial charge < -0.3 is 14.8 Å². The predicted octanol–water partition coefficient (Wildman–Crippen LogP) is 4.73. The van der Waals surface area contributed by atoms with E-state index < -0.39 is 11.7 Å². The maximum Gasteiger partial charge on any atom is 0.258 e. The molecule has 0 saturated carbocycles. The van der Waals surface area contributed by atoms with Gasteiger partial charge in [-0.2, -0.15) is 0 Å². The van der Waals surface area contributed by atoms with Crippen molar-refractivity contribution in [3.05, 3.63) is 88.2 Å². The van der Waals surface area contributed by atoms with Crippen LogP contribution < -0.4 is 14.8 Å². The first-order chi connectivity index (χ1) is 14.0. The molecule has 7 heteroatoms. The van der Waals surface area contributed by atoms with Crippen LogP contribution in [0.3, 0.4) is 0 Å². The molecule has 3 aromatic carbocycles. The maximum absolute atomic E-state index is 14.0. The SMILES string of the molecule is O=C(Nc1cc2c(cc1C(=O)c1ccc(Cl)cc1)OCCO2)c1ccccc1F. The predicted molar refractivity (Wildman–Crippen MR) is 107 cm³/mol. The third-order valence-corrected chi connectivity index (χ3v) is 4.65. The topological polar surface area (TPSA) is 64.6 Å². The zero-order valence-electron chi connectivity index (χ0n) is 15.1. The summed E-state index contributed by atoms with van der Waals surface area (Å²) in [5.74, 6) is -0.884. The molecule has 0 spiro atoms. The van der Waals surface area contributed by atoms with Gasteiger partial charge in [0, 0.05) is 16.7 Å². The Hall–Kier alpha value is -3.38. The van der Waals surface area contributed by atoms with E-state index in [4.69, 9.17) is 21.1 Å². The van der Waals surface area contributed by atoms with Crippen LogP contribution >= 0.6 is 11.6 Å². The maximum atomic E-state index is 14.0. The number of ether oxygens (including phenoxy) is 2. The van der Waals surface area contributed by atoms with Gasteiger partial charge in [-0.15, -0.1) is 0 Å². The quantitative estimate of drug-likeness (QED) is 0.630. The molecule has 0 aromatic heterocycles. The van der Waals surface area contributed by atoms with E-state index in [1.54, 1.807) is 30.3 Å². The lowest BCUT2D eigenvalue weighted by Crippen LogP contribution is -2.19. The van der Waals surface area contributed by atoms with Crippen LogP contribution in [-0.2, 0) is 0 Å². The minimum atomic E-state index is -0.676. The summed E-state index contributed by atoms with van der Waals surface area (Å²) in [6.07, 6.45) is 0. The summed E-state index contributed by atoms with van der Waals surface area (Å²) < 4.78 is 25.1. The van der Waals surface area contributed by atoms with Gasteiger partial charge in [0.15, 0.2) is 17.3 Å². The van der Waals surface area contributed by atoms with Crippen molar-refractivity contribution in [3.8, 4) is 11.5 Å². The van der Waals surface area contributed by atoms with E-state index in [2.05, 4.69) is 5.32 Å². The third kappa shape index (κ3) is 3.93. The Kier molecular flexibility index (Phi) is 5.18. The largest absolute Gasteiger partial charge is 0.486 e. The summed E-state index contributed by atoms with van der Waals surface area (Å²) in [6.45, 7) is 0.695. The molecule has 0 saturated heterocycles. The number of hydrogen-bond acceptors (Lipinski definition) is 4. The van der Waals surface area contributed by atoms with Gasteiger partial charge in [0.25, 0.3) is 5.91 Å². The number of fused-ring (bicyclic) bond motifs is 1. The van der Waals surface area contributed by atoms with Crippen LogP contribution in [0.2, 0.25) is 5.02 Å². The zero-order valence-corrected chi connectivity index (χ0v) is 15.8. The summed E-state index contributed by atoms with van der Waals surface area (Å²) in [5.41, 5.74) is 0.642. The minimum absolute atomic E-state index is 0.132. The Labute approximate surface area is 171 Å². The molecule has 1 amide bonds. The van der Waals surface area contributed by atoms with Gasteiger partial charge in [-0.05, 0) is 42.5 Å². The lowest BCUT2D eigenvalue weighted by molar-refractivity contribution is 0.102. The van der Waals surface area contributed by atoms with E-state index >= 15 is 0 Å². The second kappa shape index (κ2) is 7.93. The van der Waals surface area contributed by atoms with Gasteiger partial charge >= 0.3 is 0 Å². The lowest BCUT2D eigenvalue weighted by Gasteiger charge is -2.21. The smallest absolute Gasteiger partial charge is 0.258 e. The van der Waals surface area contributed by atoms with Crippen LogP contribution in [0.1, 0.15) is 26.3 Å². The van der Waals surface area contributed by atoms with Gasteiger partial charge in [-0.25, -0.2) is 4.39 Å². The lowest BCUT2D eigenvalue weighted by atomic mass is 10.0. The van der Waals surface area contributed by atoms with Crippen molar-refractivity contribution in [2.24, 2.45) is 0 Å². The van der Waals surface area contributed by atoms with E-state index in [1.807, 2.05) is 0 Å². The first-order valence-corrected chi connectivity index (χ1v) is 9.20. The average Bonchev–Trinajstić information content (AvgIpc) is 2.73. The number of ketones is 1. The number of hydrogen-bond donors (Lipinski definition) is 1. The Morgan fingerprint density at radius 3 is 2.24 bits per heavy atom. The number of carbonyl (C=O) groups is 2. The fourth-order valence-electron chi connectivity index (χ4n) is 2.97. The van der Waals surface area contributed by atoms with E-state index in [9.17, 15) is 14.0 Å². The molecule has 0 unspecified atom stereocenters. The summed E-state index contributed by atoms with van der Waals surface area (Å²) in [6, 6.07) is 15.0. The Morgan fingerprint density at radius 2 is 1.55 bits per heavy atom. The van der Waals surface area contributed by atoms with E-state index in [0.717, 1.165) is 0 Å².